The van der Waals surface area contributed by atoms with Crippen molar-refractivity contribution in [2.24, 2.45) is 0 Å². The molecule has 0 atom stereocenters. The molecule has 2 amide bonds. The molecule has 0 saturated heterocycles. The Hall–Kier alpha value is -3.42. The second-order valence-electron chi connectivity index (χ2n) is 7.77. The minimum Gasteiger partial charge on any atom is -0.493 e. The quantitative estimate of drug-likeness (QED) is 0.377. The summed E-state index contributed by atoms with van der Waals surface area (Å²) < 4.78 is 20.9. The lowest BCUT2D eigenvalue weighted by Gasteiger charge is -2.10. The first-order valence-corrected chi connectivity index (χ1v) is 11.5. The predicted molar refractivity (Wildman–Crippen MR) is 131 cm³/mol. The highest BCUT2D eigenvalue weighted by molar-refractivity contribution is 5.95. The van der Waals surface area contributed by atoms with Gasteiger partial charge in [0.2, 0.25) is 0 Å². The zero-order valence-electron chi connectivity index (χ0n) is 20.6. The fourth-order valence-corrected chi connectivity index (χ4v) is 3.52. The van der Waals surface area contributed by atoms with E-state index in [1.165, 1.54) is 0 Å². The van der Waals surface area contributed by atoms with E-state index in [9.17, 15) is 9.59 Å². The number of amides is 2. The van der Waals surface area contributed by atoms with Gasteiger partial charge in [0, 0.05) is 24.2 Å². The number of benzene rings is 2. The van der Waals surface area contributed by atoms with Crippen molar-refractivity contribution in [2.75, 3.05) is 41.5 Å². The van der Waals surface area contributed by atoms with Crippen LogP contribution in [0.3, 0.4) is 0 Å². The van der Waals surface area contributed by atoms with Crippen molar-refractivity contribution < 1.29 is 28.5 Å². The Bertz CT molecular complexity index is 856. The van der Waals surface area contributed by atoms with E-state index >= 15 is 0 Å². The minimum absolute atomic E-state index is 0.119. The predicted octanol–water partition coefficient (Wildman–Crippen LogP) is 4.22. The van der Waals surface area contributed by atoms with E-state index in [0.29, 0.717) is 47.2 Å². The molecule has 2 aromatic rings. The first-order valence-electron chi connectivity index (χ1n) is 11.5. The normalized spacial score (nSPS) is 10.4. The zero-order valence-corrected chi connectivity index (χ0v) is 20.6. The number of rotatable bonds is 15. The highest BCUT2D eigenvalue weighted by Gasteiger charge is 2.11. The third-order valence-electron chi connectivity index (χ3n) is 5.47. The molecule has 0 bridgehead atoms. The van der Waals surface area contributed by atoms with Gasteiger partial charge in [-0.15, -0.1) is 0 Å². The van der Waals surface area contributed by atoms with Crippen LogP contribution in [0.25, 0.3) is 0 Å². The van der Waals surface area contributed by atoms with Gasteiger partial charge in [-0.25, -0.2) is 0 Å². The summed E-state index contributed by atoms with van der Waals surface area (Å²) in [5.74, 6) is 2.03. The number of carbonyl (C=O) groups is 2. The minimum atomic E-state index is -0.119. The van der Waals surface area contributed by atoms with Crippen molar-refractivity contribution >= 4 is 11.8 Å². The van der Waals surface area contributed by atoms with Crippen LogP contribution in [0.5, 0.6) is 23.0 Å². The number of carbonyl (C=O) groups excluding carboxylic acids is 2. The third-order valence-corrected chi connectivity index (χ3v) is 5.47. The molecule has 2 N–H and O–H groups in total. The van der Waals surface area contributed by atoms with Gasteiger partial charge in [-0.2, -0.15) is 0 Å². The monoisotopic (exact) mass is 472 g/mol. The molecule has 0 aromatic heterocycles. The fraction of sp³-hybridized carbons (Fsp3) is 0.462. The molecule has 0 aliphatic rings. The number of hydrogen-bond acceptors (Lipinski definition) is 6. The van der Waals surface area contributed by atoms with E-state index < -0.39 is 0 Å². The van der Waals surface area contributed by atoms with Crippen molar-refractivity contribution in [3.8, 4) is 23.0 Å². The molecule has 34 heavy (non-hydrogen) atoms. The molecule has 0 spiro atoms. The van der Waals surface area contributed by atoms with E-state index in [2.05, 4.69) is 10.6 Å². The Kier molecular flexibility index (Phi) is 11.6. The Labute approximate surface area is 201 Å². The van der Waals surface area contributed by atoms with Gasteiger partial charge in [-0.1, -0.05) is 25.7 Å². The van der Waals surface area contributed by atoms with Gasteiger partial charge in [0.15, 0.2) is 23.0 Å². The first-order chi connectivity index (χ1) is 16.5. The topological polar surface area (TPSA) is 95.1 Å². The van der Waals surface area contributed by atoms with Gasteiger partial charge >= 0.3 is 0 Å². The standard InChI is InChI=1S/C26H36N2O6/c1-31-21-13-11-19(17-23(21)33-3)25(29)27-15-9-7-5-6-8-10-16-28-26(30)20-12-14-22(32-2)24(18-20)34-4/h11-14,17-18H,5-10,15-16H2,1-4H3,(H,27,29)(H,28,30). The molecule has 8 nitrogen and oxygen atoms in total. The lowest BCUT2D eigenvalue weighted by molar-refractivity contribution is 0.0944. The smallest absolute Gasteiger partial charge is 0.251 e. The lowest BCUT2D eigenvalue weighted by atomic mass is 10.1. The zero-order chi connectivity index (χ0) is 24.8. The van der Waals surface area contributed by atoms with Crippen molar-refractivity contribution in [2.45, 2.75) is 38.5 Å². The van der Waals surface area contributed by atoms with Gasteiger partial charge in [-0.3, -0.25) is 9.59 Å². The molecule has 2 rings (SSSR count). The third kappa shape index (κ3) is 8.17. The largest absolute Gasteiger partial charge is 0.493 e. The van der Waals surface area contributed by atoms with Gasteiger partial charge in [0.05, 0.1) is 28.4 Å². The summed E-state index contributed by atoms with van der Waals surface area (Å²) in [5.41, 5.74) is 1.10. The summed E-state index contributed by atoms with van der Waals surface area (Å²) >= 11 is 0. The van der Waals surface area contributed by atoms with Crippen molar-refractivity contribution in [3.05, 3.63) is 47.5 Å². The molecule has 8 heteroatoms. The van der Waals surface area contributed by atoms with E-state index in [1.807, 2.05) is 0 Å². The van der Waals surface area contributed by atoms with Crippen LogP contribution in [0.4, 0.5) is 0 Å². The summed E-state index contributed by atoms with van der Waals surface area (Å²) in [6.45, 7) is 1.27. The van der Waals surface area contributed by atoms with Crippen LogP contribution < -0.4 is 29.6 Å². The van der Waals surface area contributed by atoms with Crippen molar-refractivity contribution in [1.82, 2.24) is 10.6 Å². The van der Waals surface area contributed by atoms with Gasteiger partial charge in [0.1, 0.15) is 0 Å². The average molecular weight is 473 g/mol. The van der Waals surface area contributed by atoms with E-state index in [-0.39, 0.29) is 11.8 Å². The maximum Gasteiger partial charge on any atom is 0.251 e. The van der Waals surface area contributed by atoms with E-state index in [1.54, 1.807) is 64.8 Å². The second-order valence-corrected chi connectivity index (χ2v) is 7.77. The van der Waals surface area contributed by atoms with E-state index in [0.717, 1.165) is 38.5 Å². The molecule has 186 valence electrons. The van der Waals surface area contributed by atoms with Gasteiger partial charge in [-0.05, 0) is 49.2 Å². The molecule has 0 aliphatic heterocycles. The number of unbranched alkanes of at least 4 members (excludes halogenated alkanes) is 5. The molecule has 0 aliphatic carbocycles. The SMILES string of the molecule is COc1ccc(C(=O)NCCCCCCCCNC(=O)c2ccc(OC)c(OC)c2)cc1OC. The Morgan fingerprint density at radius 2 is 0.912 bits per heavy atom. The maximum atomic E-state index is 12.3. The number of ether oxygens (including phenoxy) is 4. The van der Waals surface area contributed by atoms with Crippen LogP contribution in [0, 0.1) is 0 Å². The Morgan fingerprint density at radius 3 is 1.26 bits per heavy atom. The van der Waals surface area contributed by atoms with Gasteiger partial charge < -0.3 is 29.6 Å². The number of nitrogens with one attached hydrogen (secondary N) is 2. The van der Waals surface area contributed by atoms with Crippen LogP contribution in [-0.2, 0) is 0 Å². The van der Waals surface area contributed by atoms with Crippen LogP contribution in [0.15, 0.2) is 36.4 Å². The molecule has 2 aromatic carbocycles. The average Bonchev–Trinajstić information content (AvgIpc) is 2.88. The molecule has 0 radical (unpaired) electrons. The van der Waals surface area contributed by atoms with Crippen LogP contribution in [-0.4, -0.2) is 53.3 Å². The lowest BCUT2D eigenvalue weighted by Crippen LogP contribution is -2.24. The summed E-state index contributed by atoms with van der Waals surface area (Å²) in [6, 6.07) is 10.3. The fourth-order valence-electron chi connectivity index (χ4n) is 3.52. The summed E-state index contributed by atoms with van der Waals surface area (Å²) in [7, 11) is 6.22. The summed E-state index contributed by atoms with van der Waals surface area (Å²) in [6.07, 6.45) is 6.13. The number of hydrogen-bond donors (Lipinski definition) is 2. The highest BCUT2D eigenvalue weighted by Crippen LogP contribution is 2.28. The number of methoxy groups -OCH3 is 4. The summed E-state index contributed by atoms with van der Waals surface area (Å²) in [5, 5.41) is 5.89. The van der Waals surface area contributed by atoms with Crippen LogP contribution >= 0.6 is 0 Å². The molecule has 0 saturated carbocycles. The van der Waals surface area contributed by atoms with Crippen molar-refractivity contribution in [1.29, 1.82) is 0 Å². The summed E-state index contributed by atoms with van der Waals surface area (Å²) in [4.78, 5) is 24.6. The van der Waals surface area contributed by atoms with Crippen molar-refractivity contribution in [3.63, 3.8) is 0 Å². The molecular formula is C26H36N2O6. The Balaban J connectivity index is 1.54. The van der Waals surface area contributed by atoms with E-state index in [4.69, 9.17) is 18.9 Å². The van der Waals surface area contributed by atoms with Crippen LogP contribution in [0.2, 0.25) is 0 Å². The van der Waals surface area contributed by atoms with Crippen LogP contribution in [0.1, 0.15) is 59.2 Å². The maximum absolute atomic E-state index is 12.3. The molecule has 0 fully saturated rings. The molecule has 0 heterocycles. The van der Waals surface area contributed by atoms with Gasteiger partial charge in [0.25, 0.3) is 11.8 Å². The molecular weight excluding hydrogens is 436 g/mol. The highest BCUT2D eigenvalue weighted by atomic mass is 16.5. The first kappa shape index (κ1) is 26.8. The second kappa shape index (κ2) is 14.7. The molecule has 0 unspecified atom stereocenters. The Morgan fingerprint density at radius 1 is 0.559 bits per heavy atom.